The minimum atomic E-state index is 0.0572. The lowest BCUT2D eigenvalue weighted by Gasteiger charge is -2.19. The van der Waals surface area contributed by atoms with Crippen LogP contribution in [-0.2, 0) is 9.47 Å². The van der Waals surface area contributed by atoms with Gasteiger partial charge in [-0.05, 0) is 28.2 Å². The lowest BCUT2D eigenvalue weighted by molar-refractivity contribution is -0.00736. The summed E-state index contributed by atoms with van der Waals surface area (Å²) in [5.41, 5.74) is 0. The summed E-state index contributed by atoms with van der Waals surface area (Å²) in [7, 11) is 8.34. The SMILES string of the molecule is C=CCOCC(CNCCNCCN(C)C)OCCNCCNCCN(C)C. The minimum Gasteiger partial charge on any atom is -0.375 e. The normalized spacial score (nSPS) is 12.8. The van der Waals surface area contributed by atoms with Gasteiger partial charge in [-0.25, -0.2) is 0 Å². The summed E-state index contributed by atoms with van der Waals surface area (Å²) in [6, 6.07) is 0. The largest absolute Gasteiger partial charge is 0.375 e. The van der Waals surface area contributed by atoms with Crippen LogP contribution in [0.3, 0.4) is 0 Å². The van der Waals surface area contributed by atoms with Crippen molar-refractivity contribution in [3.63, 3.8) is 0 Å². The van der Waals surface area contributed by atoms with Crippen molar-refractivity contribution in [1.82, 2.24) is 31.1 Å². The first-order valence-corrected chi connectivity index (χ1v) is 10.5. The van der Waals surface area contributed by atoms with E-state index in [1.165, 1.54) is 0 Å². The van der Waals surface area contributed by atoms with Crippen LogP contribution in [0.25, 0.3) is 0 Å². The van der Waals surface area contributed by atoms with E-state index in [1.807, 2.05) is 0 Å². The van der Waals surface area contributed by atoms with E-state index in [0.29, 0.717) is 19.8 Å². The smallest absolute Gasteiger partial charge is 0.0933 e. The molecule has 8 heteroatoms. The van der Waals surface area contributed by atoms with Gasteiger partial charge in [0.1, 0.15) is 0 Å². The molecule has 1 unspecified atom stereocenters. The van der Waals surface area contributed by atoms with Crippen LogP contribution < -0.4 is 21.3 Å². The van der Waals surface area contributed by atoms with Gasteiger partial charge in [0, 0.05) is 65.4 Å². The predicted molar refractivity (Wildman–Crippen MR) is 119 cm³/mol. The average molecular weight is 403 g/mol. The van der Waals surface area contributed by atoms with Crippen LogP contribution in [0.4, 0.5) is 0 Å². The van der Waals surface area contributed by atoms with Crippen molar-refractivity contribution in [2.75, 3.05) is 113 Å². The highest BCUT2D eigenvalue weighted by Crippen LogP contribution is 1.93. The quantitative estimate of drug-likeness (QED) is 0.137. The van der Waals surface area contributed by atoms with Gasteiger partial charge in [0.15, 0.2) is 0 Å². The van der Waals surface area contributed by atoms with Crippen molar-refractivity contribution in [2.45, 2.75) is 6.10 Å². The van der Waals surface area contributed by atoms with E-state index in [2.05, 4.69) is 65.8 Å². The lowest BCUT2D eigenvalue weighted by atomic mass is 10.3. The molecule has 0 amide bonds. The molecule has 0 bridgehead atoms. The second-order valence-corrected chi connectivity index (χ2v) is 7.38. The second-order valence-electron chi connectivity index (χ2n) is 7.38. The monoisotopic (exact) mass is 402 g/mol. The Kier molecular flexibility index (Phi) is 20.7. The molecule has 1 atom stereocenters. The first-order valence-electron chi connectivity index (χ1n) is 10.5. The van der Waals surface area contributed by atoms with Crippen LogP contribution in [0.1, 0.15) is 0 Å². The lowest BCUT2D eigenvalue weighted by Crippen LogP contribution is -2.39. The molecule has 168 valence electrons. The molecule has 0 aromatic rings. The molecule has 4 N–H and O–H groups in total. The maximum absolute atomic E-state index is 5.97. The molecule has 0 spiro atoms. The fourth-order valence-electron chi connectivity index (χ4n) is 2.34. The highest BCUT2D eigenvalue weighted by atomic mass is 16.5. The Bertz CT molecular complexity index is 332. The van der Waals surface area contributed by atoms with Gasteiger partial charge in [0.25, 0.3) is 0 Å². The highest BCUT2D eigenvalue weighted by molar-refractivity contribution is 4.67. The number of nitrogens with zero attached hydrogens (tertiary/aromatic N) is 2. The van der Waals surface area contributed by atoms with Crippen molar-refractivity contribution in [3.8, 4) is 0 Å². The molecule has 0 aliphatic carbocycles. The topological polar surface area (TPSA) is 73.1 Å². The second kappa shape index (κ2) is 21.1. The Morgan fingerprint density at radius 3 is 1.86 bits per heavy atom. The van der Waals surface area contributed by atoms with Gasteiger partial charge in [-0.2, -0.15) is 0 Å². The maximum Gasteiger partial charge on any atom is 0.0933 e. The van der Waals surface area contributed by atoms with Crippen molar-refractivity contribution in [3.05, 3.63) is 12.7 Å². The first kappa shape index (κ1) is 27.4. The summed E-state index contributed by atoms with van der Waals surface area (Å²) in [6.07, 6.45) is 1.83. The van der Waals surface area contributed by atoms with Crippen LogP contribution in [0.15, 0.2) is 12.7 Å². The van der Waals surface area contributed by atoms with Gasteiger partial charge in [-0.15, -0.1) is 6.58 Å². The van der Waals surface area contributed by atoms with Crippen LogP contribution in [0.5, 0.6) is 0 Å². The van der Waals surface area contributed by atoms with E-state index in [4.69, 9.17) is 9.47 Å². The molecule has 0 radical (unpaired) electrons. The summed E-state index contributed by atoms with van der Waals surface area (Å²) in [5, 5.41) is 13.7. The van der Waals surface area contributed by atoms with Crippen molar-refractivity contribution < 1.29 is 9.47 Å². The third kappa shape index (κ3) is 21.7. The Labute approximate surface area is 173 Å². The molecule has 0 aromatic carbocycles. The summed E-state index contributed by atoms with van der Waals surface area (Å²) >= 11 is 0. The van der Waals surface area contributed by atoms with Crippen LogP contribution in [-0.4, -0.2) is 129 Å². The molecule has 0 aromatic heterocycles. The van der Waals surface area contributed by atoms with E-state index in [9.17, 15) is 0 Å². The van der Waals surface area contributed by atoms with Gasteiger partial charge < -0.3 is 40.5 Å². The van der Waals surface area contributed by atoms with Crippen molar-refractivity contribution >= 4 is 0 Å². The van der Waals surface area contributed by atoms with Crippen LogP contribution in [0, 0.1) is 0 Å². The molecule has 0 saturated carbocycles. The van der Waals surface area contributed by atoms with E-state index < -0.39 is 0 Å². The Morgan fingerprint density at radius 1 is 0.786 bits per heavy atom. The van der Waals surface area contributed by atoms with Crippen molar-refractivity contribution in [2.24, 2.45) is 0 Å². The van der Waals surface area contributed by atoms with E-state index in [0.717, 1.165) is 65.4 Å². The van der Waals surface area contributed by atoms with Gasteiger partial charge in [0.05, 0.1) is 25.9 Å². The zero-order chi connectivity index (χ0) is 20.9. The average Bonchev–Trinajstić information content (AvgIpc) is 2.65. The zero-order valence-electron chi connectivity index (χ0n) is 18.8. The van der Waals surface area contributed by atoms with E-state index in [-0.39, 0.29) is 6.10 Å². The summed E-state index contributed by atoms with van der Waals surface area (Å²) in [6.45, 7) is 15.1. The summed E-state index contributed by atoms with van der Waals surface area (Å²) < 4.78 is 11.5. The van der Waals surface area contributed by atoms with Crippen LogP contribution >= 0.6 is 0 Å². The van der Waals surface area contributed by atoms with Gasteiger partial charge in [-0.1, -0.05) is 6.08 Å². The summed E-state index contributed by atoms with van der Waals surface area (Å²) in [5.74, 6) is 0. The Morgan fingerprint density at radius 2 is 1.32 bits per heavy atom. The molecule has 8 nitrogen and oxygen atoms in total. The molecule has 0 saturated heterocycles. The highest BCUT2D eigenvalue weighted by Gasteiger charge is 2.08. The standard InChI is InChI=1S/C20H46N6O2/c1-6-16-27-19-20(18-24-10-9-22-12-15-26(4)5)28-17-13-23-8-7-21-11-14-25(2)3/h6,20-24H,1,7-19H2,2-5H3. The number of likely N-dealkylation sites (N-methyl/N-ethyl adjacent to an activating group) is 2. The molecule has 0 rings (SSSR count). The number of hydrogen-bond acceptors (Lipinski definition) is 8. The molecule has 0 heterocycles. The Balaban J connectivity index is 3.68. The number of rotatable bonds is 22. The molecule has 28 heavy (non-hydrogen) atoms. The molecular weight excluding hydrogens is 356 g/mol. The van der Waals surface area contributed by atoms with Crippen LogP contribution in [0.2, 0.25) is 0 Å². The molecular formula is C20H46N6O2. The Hall–Kier alpha value is -0.580. The van der Waals surface area contributed by atoms with E-state index >= 15 is 0 Å². The number of hydrogen-bond donors (Lipinski definition) is 4. The summed E-state index contributed by atoms with van der Waals surface area (Å²) in [4.78, 5) is 4.35. The molecule has 0 aliphatic heterocycles. The predicted octanol–water partition coefficient (Wildman–Crippen LogP) is -0.944. The minimum absolute atomic E-state index is 0.0572. The van der Waals surface area contributed by atoms with Crippen molar-refractivity contribution in [1.29, 1.82) is 0 Å². The number of ether oxygens (including phenoxy) is 2. The third-order valence-corrected chi connectivity index (χ3v) is 3.97. The molecule has 0 aliphatic rings. The van der Waals surface area contributed by atoms with Gasteiger partial charge >= 0.3 is 0 Å². The third-order valence-electron chi connectivity index (χ3n) is 3.97. The van der Waals surface area contributed by atoms with Gasteiger partial charge in [0.2, 0.25) is 0 Å². The van der Waals surface area contributed by atoms with Gasteiger partial charge in [-0.3, -0.25) is 0 Å². The van der Waals surface area contributed by atoms with E-state index in [1.54, 1.807) is 6.08 Å². The molecule has 0 fully saturated rings. The maximum atomic E-state index is 5.97. The fraction of sp³-hybridized carbons (Fsp3) is 0.900. The number of nitrogens with one attached hydrogen (secondary N) is 4. The first-order chi connectivity index (χ1) is 13.6. The fourth-order valence-corrected chi connectivity index (χ4v) is 2.34. The zero-order valence-corrected chi connectivity index (χ0v) is 18.8.